The predicted molar refractivity (Wildman–Crippen MR) is 113 cm³/mol. The van der Waals surface area contributed by atoms with E-state index in [1.54, 1.807) is 6.20 Å². The van der Waals surface area contributed by atoms with Crippen LogP contribution in [0.4, 0.5) is 10.3 Å². The van der Waals surface area contributed by atoms with Gasteiger partial charge in [-0.05, 0) is 68.3 Å². The normalized spacial score (nSPS) is 17.5. The van der Waals surface area contributed by atoms with Crippen LogP contribution in [-0.4, -0.2) is 33.8 Å². The maximum atomic E-state index is 13.5. The fourth-order valence-electron chi connectivity index (χ4n) is 3.69. The molecule has 1 saturated heterocycles. The van der Waals surface area contributed by atoms with E-state index in [4.69, 9.17) is 0 Å². The number of anilines is 1. The first kappa shape index (κ1) is 19.8. The van der Waals surface area contributed by atoms with Crippen molar-refractivity contribution in [2.45, 2.75) is 38.6 Å². The highest BCUT2D eigenvalue weighted by molar-refractivity contribution is 7.17. The molecule has 4 rings (SSSR count). The summed E-state index contributed by atoms with van der Waals surface area (Å²) < 4.78 is 14.3. The van der Waals surface area contributed by atoms with Crippen LogP contribution in [-0.2, 0) is 0 Å². The molecule has 0 spiro atoms. The SMILES string of the molecule is C[C@H](Nc1nc(C(=O)CCCC2CCNC2)c2sccc2n1)c1cncc(F)c1. The number of ketones is 1. The van der Waals surface area contributed by atoms with Crippen LogP contribution in [0.5, 0.6) is 0 Å². The number of fused-ring (bicyclic) bond motifs is 1. The van der Waals surface area contributed by atoms with Crippen LogP contribution in [0.1, 0.15) is 54.7 Å². The Labute approximate surface area is 173 Å². The summed E-state index contributed by atoms with van der Waals surface area (Å²) in [5.74, 6) is 0.705. The number of hydrogen-bond donors (Lipinski definition) is 2. The molecule has 1 unspecified atom stereocenters. The van der Waals surface area contributed by atoms with Crippen molar-refractivity contribution in [1.29, 1.82) is 0 Å². The number of Topliss-reactive ketones (excluding diaryl/α,β-unsaturated/α-hetero) is 1. The van der Waals surface area contributed by atoms with E-state index in [0.29, 0.717) is 29.5 Å². The topological polar surface area (TPSA) is 79.8 Å². The van der Waals surface area contributed by atoms with Crippen LogP contribution in [0.2, 0.25) is 0 Å². The monoisotopic (exact) mass is 413 g/mol. The van der Waals surface area contributed by atoms with E-state index in [0.717, 1.165) is 36.1 Å². The molecule has 1 fully saturated rings. The third-order valence-corrected chi connectivity index (χ3v) is 6.23. The average Bonchev–Trinajstić information content (AvgIpc) is 3.39. The molecular formula is C21H24FN5OS. The molecule has 0 saturated carbocycles. The largest absolute Gasteiger partial charge is 0.348 e. The first-order valence-electron chi connectivity index (χ1n) is 9.96. The predicted octanol–water partition coefficient (Wildman–Crippen LogP) is 4.36. The second-order valence-electron chi connectivity index (χ2n) is 7.51. The summed E-state index contributed by atoms with van der Waals surface area (Å²) in [6.45, 7) is 4.01. The van der Waals surface area contributed by atoms with E-state index < -0.39 is 5.82 Å². The molecule has 1 aliphatic heterocycles. The Bertz CT molecular complexity index is 1000. The molecule has 2 atom stereocenters. The number of carbonyl (C=O) groups excluding carboxylic acids is 1. The van der Waals surface area contributed by atoms with Crippen LogP contribution in [0.3, 0.4) is 0 Å². The number of pyridine rings is 1. The molecule has 1 aliphatic rings. The first-order valence-corrected chi connectivity index (χ1v) is 10.8. The molecule has 29 heavy (non-hydrogen) atoms. The molecule has 2 N–H and O–H groups in total. The Morgan fingerprint density at radius 1 is 1.41 bits per heavy atom. The lowest BCUT2D eigenvalue weighted by Gasteiger charge is -2.15. The number of thiophene rings is 1. The number of halogens is 1. The zero-order valence-corrected chi connectivity index (χ0v) is 17.1. The molecule has 6 nitrogen and oxygen atoms in total. The van der Waals surface area contributed by atoms with Crippen molar-refractivity contribution < 1.29 is 9.18 Å². The van der Waals surface area contributed by atoms with E-state index in [-0.39, 0.29) is 11.8 Å². The first-order chi connectivity index (χ1) is 14.1. The van der Waals surface area contributed by atoms with Crippen LogP contribution >= 0.6 is 11.3 Å². The Kier molecular flexibility index (Phi) is 6.10. The molecule has 8 heteroatoms. The number of nitrogens with zero attached hydrogens (tertiary/aromatic N) is 3. The van der Waals surface area contributed by atoms with Gasteiger partial charge in [0, 0.05) is 12.6 Å². The van der Waals surface area contributed by atoms with Gasteiger partial charge in [-0.1, -0.05) is 0 Å². The van der Waals surface area contributed by atoms with Crippen LogP contribution in [0, 0.1) is 11.7 Å². The van der Waals surface area contributed by atoms with Crippen molar-refractivity contribution in [3.05, 3.63) is 47.0 Å². The summed E-state index contributed by atoms with van der Waals surface area (Å²) in [6.07, 6.45) is 6.39. The van der Waals surface area contributed by atoms with Gasteiger partial charge in [0.05, 0.1) is 22.5 Å². The van der Waals surface area contributed by atoms with Crippen LogP contribution in [0.25, 0.3) is 10.2 Å². The van der Waals surface area contributed by atoms with Gasteiger partial charge in [0.1, 0.15) is 11.5 Å². The van der Waals surface area contributed by atoms with Gasteiger partial charge in [-0.2, -0.15) is 0 Å². The Morgan fingerprint density at radius 2 is 2.31 bits per heavy atom. The second kappa shape index (κ2) is 8.92. The van der Waals surface area contributed by atoms with E-state index in [1.165, 1.54) is 30.0 Å². The highest BCUT2D eigenvalue weighted by atomic mass is 32.1. The minimum atomic E-state index is -0.390. The van der Waals surface area contributed by atoms with Gasteiger partial charge in [0.25, 0.3) is 0 Å². The number of rotatable bonds is 8. The van der Waals surface area contributed by atoms with E-state index >= 15 is 0 Å². The van der Waals surface area contributed by atoms with E-state index in [9.17, 15) is 9.18 Å². The van der Waals surface area contributed by atoms with Crippen molar-refractivity contribution in [3.63, 3.8) is 0 Å². The van der Waals surface area contributed by atoms with Gasteiger partial charge in [-0.25, -0.2) is 14.4 Å². The number of aromatic nitrogens is 3. The molecular weight excluding hydrogens is 389 g/mol. The number of carbonyl (C=O) groups is 1. The molecule has 0 bridgehead atoms. The Balaban J connectivity index is 1.49. The molecule has 0 radical (unpaired) electrons. The Hall–Kier alpha value is -2.45. The third-order valence-electron chi connectivity index (χ3n) is 5.32. The lowest BCUT2D eigenvalue weighted by molar-refractivity contribution is 0.0975. The summed E-state index contributed by atoms with van der Waals surface area (Å²) in [5, 5.41) is 8.46. The van der Waals surface area contributed by atoms with E-state index in [2.05, 4.69) is 25.6 Å². The zero-order chi connectivity index (χ0) is 20.2. The highest BCUT2D eigenvalue weighted by Crippen LogP contribution is 2.27. The van der Waals surface area contributed by atoms with E-state index in [1.807, 2.05) is 18.4 Å². The molecule has 3 aromatic heterocycles. The minimum Gasteiger partial charge on any atom is -0.348 e. The Morgan fingerprint density at radius 3 is 3.10 bits per heavy atom. The molecule has 3 aromatic rings. The van der Waals surface area contributed by atoms with Crippen LogP contribution in [0.15, 0.2) is 29.9 Å². The van der Waals surface area contributed by atoms with Gasteiger partial charge in [0.15, 0.2) is 5.78 Å². The molecule has 152 valence electrons. The van der Waals surface area contributed by atoms with Gasteiger partial charge in [-0.3, -0.25) is 9.78 Å². The molecule has 0 aromatic carbocycles. The lowest BCUT2D eigenvalue weighted by atomic mass is 9.99. The maximum absolute atomic E-state index is 13.5. The van der Waals surface area contributed by atoms with Gasteiger partial charge >= 0.3 is 0 Å². The fraction of sp³-hybridized carbons (Fsp3) is 0.429. The maximum Gasteiger partial charge on any atom is 0.224 e. The lowest BCUT2D eigenvalue weighted by Crippen LogP contribution is -2.13. The van der Waals surface area contributed by atoms with Crippen molar-refractivity contribution in [2.24, 2.45) is 5.92 Å². The summed E-state index contributed by atoms with van der Waals surface area (Å²) in [5.41, 5.74) is 1.92. The molecule has 4 heterocycles. The molecule has 0 amide bonds. The second-order valence-corrected chi connectivity index (χ2v) is 8.42. The average molecular weight is 414 g/mol. The van der Waals surface area contributed by atoms with Gasteiger partial charge in [0.2, 0.25) is 5.95 Å². The van der Waals surface area contributed by atoms with Gasteiger partial charge in [-0.15, -0.1) is 11.3 Å². The van der Waals surface area contributed by atoms with Crippen molar-refractivity contribution in [1.82, 2.24) is 20.3 Å². The quantitative estimate of drug-likeness (QED) is 0.534. The zero-order valence-electron chi connectivity index (χ0n) is 16.3. The van der Waals surface area contributed by atoms with Crippen LogP contribution < -0.4 is 10.6 Å². The summed E-state index contributed by atoms with van der Waals surface area (Å²) in [6, 6.07) is 3.08. The summed E-state index contributed by atoms with van der Waals surface area (Å²) in [4.78, 5) is 25.8. The van der Waals surface area contributed by atoms with Crippen molar-refractivity contribution >= 4 is 33.3 Å². The smallest absolute Gasteiger partial charge is 0.224 e. The standard InChI is InChI=1S/C21H24FN5OS/c1-13(15-9-16(22)12-24-11-15)25-21-26-17-6-8-29-20(17)19(27-21)18(28)4-2-3-14-5-7-23-10-14/h6,8-9,11-14,23H,2-5,7,10H2,1H3,(H,25,26,27)/t13-,14?/m0/s1. The highest BCUT2D eigenvalue weighted by Gasteiger charge is 2.19. The van der Waals surface area contributed by atoms with Crippen molar-refractivity contribution in [3.8, 4) is 0 Å². The number of hydrogen-bond acceptors (Lipinski definition) is 7. The summed E-state index contributed by atoms with van der Waals surface area (Å²) in [7, 11) is 0. The number of nitrogens with one attached hydrogen (secondary N) is 2. The third kappa shape index (κ3) is 4.76. The van der Waals surface area contributed by atoms with Gasteiger partial charge < -0.3 is 10.6 Å². The summed E-state index contributed by atoms with van der Waals surface area (Å²) >= 11 is 1.48. The fourth-order valence-corrected chi connectivity index (χ4v) is 4.53. The molecule has 0 aliphatic carbocycles. The minimum absolute atomic E-state index is 0.0499. The van der Waals surface area contributed by atoms with Crippen molar-refractivity contribution in [2.75, 3.05) is 18.4 Å².